The van der Waals surface area contributed by atoms with E-state index < -0.39 is 0 Å². The number of fused-ring (bicyclic) bond motifs is 1. The second-order valence-corrected chi connectivity index (χ2v) is 6.07. The highest BCUT2D eigenvalue weighted by molar-refractivity contribution is 5.78. The molecule has 2 atom stereocenters. The Bertz CT molecular complexity index is 612. The Morgan fingerprint density at radius 2 is 2.10 bits per heavy atom. The first-order valence-corrected chi connectivity index (χ1v) is 7.76. The number of imidazole rings is 1. The molecule has 0 spiro atoms. The molecule has 1 aromatic carbocycles. The van der Waals surface area contributed by atoms with Crippen LogP contribution in [0.1, 0.15) is 25.7 Å². The molecule has 2 aliphatic rings. The topological polar surface area (TPSA) is 33.1 Å². The molecule has 0 amide bonds. The summed E-state index contributed by atoms with van der Waals surface area (Å²) in [5.41, 5.74) is 2.34. The van der Waals surface area contributed by atoms with E-state index in [0.29, 0.717) is 12.1 Å². The van der Waals surface area contributed by atoms with E-state index in [1.165, 1.54) is 37.7 Å². The number of aromatic nitrogens is 2. The quantitative estimate of drug-likeness (QED) is 0.909. The smallest absolute Gasteiger partial charge is 0.206 e. The lowest BCUT2D eigenvalue weighted by atomic mass is 10.0. The molecule has 4 rings (SSSR count). The first-order valence-electron chi connectivity index (χ1n) is 7.76. The Balaban J connectivity index is 1.72. The van der Waals surface area contributed by atoms with Crippen molar-refractivity contribution < 1.29 is 0 Å². The highest BCUT2D eigenvalue weighted by Crippen LogP contribution is 2.31. The number of hydrogen-bond donors (Lipinski definition) is 1. The average molecular weight is 270 g/mol. The van der Waals surface area contributed by atoms with Gasteiger partial charge in [0.25, 0.3) is 0 Å². The first-order chi connectivity index (χ1) is 9.84. The van der Waals surface area contributed by atoms with Crippen LogP contribution in [0.5, 0.6) is 0 Å². The third-order valence-electron chi connectivity index (χ3n) is 4.88. The molecule has 2 aliphatic heterocycles. The largest absolute Gasteiger partial charge is 0.338 e. The minimum absolute atomic E-state index is 0.619. The van der Waals surface area contributed by atoms with Gasteiger partial charge < -0.3 is 14.8 Å². The zero-order valence-electron chi connectivity index (χ0n) is 12.0. The van der Waals surface area contributed by atoms with Gasteiger partial charge in [-0.25, -0.2) is 4.98 Å². The van der Waals surface area contributed by atoms with Gasteiger partial charge in [-0.2, -0.15) is 0 Å². The summed E-state index contributed by atoms with van der Waals surface area (Å²) in [6, 6.07) is 9.69. The molecule has 20 heavy (non-hydrogen) atoms. The molecule has 0 bridgehead atoms. The lowest BCUT2D eigenvalue weighted by Crippen LogP contribution is -2.44. The van der Waals surface area contributed by atoms with Gasteiger partial charge in [0, 0.05) is 25.7 Å². The first kappa shape index (κ1) is 12.2. The number of para-hydroxylation sites is 2. The molecule has 106 valence electrons. The molecule has 3 heterocycles. The molecule has 2 aromatic rings. The summed E-state index contributed by atoms with van der Waals surface area (Å²) < 4.78 is 2.25. The van der Waals surface area contributed by atoms with Crippen molar-refractivity contribution in [1.82, 2.24) is 14.9 Å². The van der Waals surface area contributed by atoms with Crippen molar-refractivity contribution in [2.45, 2.75) is 37.8 Å². The SMILES string of the molecule is Cn1c(N2CCCC2C2CCCN2)nc2ccccc21. The number of rotatable bonds is 2. The van der Waals surface area contributed by atoms with Crippen molar-refractivity contribution in [2.24, 2.45) is 7.05 Å². The lowest BCUT2D eigenvalue weighted by molar-refractivity contribution is 0.477. The van der Waals surface area contributed by atoms with Crippen molar-refractivity contribution in [3.63, 3.8) is 0 Å². The highest BCUT2D eigenvalue weighted by atomic mass is 15.3. The van der Waals surface area contributed by atoms with Crippen LogP contribution in [0.2, 0.25) is 0 Å². The van der Waals surface area contributed by atoms with E-state index in [0.717, 1.165) is 18.0 Å². The Hall–Kier alpha value is -1.55. The molecular weight excluding hydrogens is 248 g/mol. The van der Waals surface area contributed by atoms with E-state index >= 15 is 0 Å². The predicted molar refractivity (Wildman–Crippen MR) is 82.1 cm³/mol. The summed E-state index contributed by atoms with van der Waals surface area (Å²) in [5, 5.41) is 3.67. The number of aryl methyl sites for hydroxylation is 1. The van der Waals surface area contributed by atoms with Crippen LogP contribution in [0, 0.1) is 0 Å². The monoisotopic (exact) mass is 270 g/mol. The fraction of sp³-hybridized carbons (Fsp3) is 0.562. The van der Waals surface area contributed by atoms with Gasteiger partial charge in [-0.05, 0) is 44.4 Å². The van der Waals surface area contributed by atoms with Crippen LogP contribution in [0.15, 0.2) is 24.3 Å². The van der Waals surface area contributed by atoms with Gasteiger partial charge in [-0.1, -0.05) is 12.1 Å². The van der Waals surface area contributed by atoms with E-state index in [1.54, 1.807) is 0 Å². The van der Waals surface area contributed by atoms with E-state index in [4.69, 9.17) is 4.98 Å². The van der Waals surface area contributed by atoms with Crippen LogP contribution in [-0.4, -0.2) is 34.7 Å². The third kappa shape index (κ3) is 1.82. The Morgan fingerprint density at radius 1 is 1.20 bits per heavy atom. The number of nitrogens with one attached hydrogen (secondary N) is 1. The summed E-state index contributed by atoms with van der Waals surface area (Å²) >= 11 is 0. The molecule has 2 unspecified atom stereocenters. The van der Waals surface area contributed by atoms with Gasteiger partial charge in [-0.15, -0.1) is 0 Å². The van der Waals surface area contributed by atoms with Crippen LogP contribution >= 0.6 is 0 Å². The fourth-order valence-electron chi connectivity index (χ4n) is 3.89. The van der Waals surface area contributed by atoms with Crippen molar-refractivity contribution in [3.05, 3.63) is 24.3 Å². The Labute approximate surface area is 119 Å². The van der Waals surface area contributed by atoms with Crippen molar-refractivity contribution in [3.8, 4) is 0 Å². The zero-order valence-corrected chi connectivity index (χ0v) is 12.0. The summed E-state index contributed by atoms with van der Waals surface area (Å²) in [4.78, 5) is 7.41. The Kier molecular flexibility index (Phi) is 2.91. The number of nitrogens with zero attached hydrogens (tertiary/aromatic N) is 3. The van der Waals surface area contributed by atoms with Gasteiger partial charge in [0.1, 0.15) is 0 Å². The second-order valence-electron chi connectivity index (χ2n) is 6.07. The standard InChI is InChI=1S/C16H22N4/c1-19-14-8-3-2-6-13(14)18-16(19)20-11-5-9-15(20)12-7-4-10-17-12/h2-3,6,8,12,15,17H,4-5,7,9-11H2,1H3. The van der Waals surface area contributed by atoms with Crippen LogP contribution in [0.25, 0.3) is 11.0 Å². The van der Waals surface area contributed by atoms with Gasteiger partial charge in [0.2, 0.25) is 5.95 Å². The molecule has 2 fully saturated rings. The maximum atomic E-state index is 4.88. The van der Waals surface area contributed by atoms with Crippen LogP contribution in [-0.2, 0) is 7.05 Å². The molecule has 1 N–H and O–H groups in total. The van der Waals surface area contributed by atoms with Crippen molar-refractivity contribution in [2.75, 3.05) is 18.0 Å². The molecule has 0 saturated carbocycles. The van der Waals surface area contributed by atoms with Crippen LogP contribution < -0.4 is 10.2 Å². The Morgan fingerprint density at radius 3 is 2.90 bits per heavy atom. The van der Waals surface area contributed by atoms with Gasteiger partial charge in [-0.3, -0.25) is 0 Å². The minimum atomic E-state index is 0.619. The van der Waals surface area contributed by atoms with E-state index in [-0.39, 0.29) is 0 Å². The zero-order chi connectivity index (χ0) is 13.5. The molecule has 4 heteroatoms. The summed E-state index contributed by atoms with van der Waals surface area (Å²) in [5.74, 6) is 1.14. The normalized spacial score (nSPS) is 26.8. The number of hydrogen-bond acceptors (Lipinski definition) is 3. The molecular formula is C16H22N4. The van der Waals surface area contributed by atoms with Crippen LogP contribution in [0.3, 0.4) is 0 Å². The molecule has 1 aromatic heterocycles. The van der Waals surface area contributed by atoms with Gasteiger partial charge in [0.05, 0.1) is 11.0 Å². The fourth-order valence-corrected chi connectivity index (χ4v) is 3.89. The molecule has 2 saturated heterocycles. The number of anilines is 1. The summed E-state index contributed by atoms with van der Waals surface area (Å²) in [6.45, 7) is 2.32. The molecule has 0 aliphatic carbocycles. The second kappa shape index (κ2) is 4.77. The summed E-state index contributed by atoms with van der Waals surface area (Å²) in [7, 11) is 2.14. The van der Waals surface area contributed by atoms with E-state index in [2.05, 4.69) is 46.1 Å². The predicted octanol–water partition coefficient (Wildman–Crippen LogP) is 2.29. The minimum Gasteiger partial charge on any atom is -0.338 e. The molecule has 4 nitrogen and oxygen atoms in total. The van der Waals surface area contributed by atoms with Gasteiger partial charge >= 0.3 is 0 Å². The van der Waals surface area contributed by atoms with Gasteiger partial charge in [0.15, 0.2) is 0 Å². The highest BCUT2D eigenvalue weighted by Gasteiger charge is 2.35. The van der Waals surface area contributed by atoms with E-state index in [1.807, 2.05) is 0 Å². The number of benzene rings is 1. The van der Waals surface area contributed by atoms with E-state index in [9.17, 15) is 0 Å². The summed E-state index contributed by atoms with van der Waals surface area (Å²) in [6.07, 6.45) is 5.20. The lowest BCUT2D eigenvalue weighted by Gasteiger charge is -2.30. The maximum Gasteiger partial charge on any atom is 0.206 e. The third-order valence-corrected chi connectivity index (χ3v) is 4.88. The maximum absolute atomic E-state index is 4.88. The van der Waals surface area contributed by atoms with Crippen molar-refractivity contribution in [1.29, 1.82) is 0 Å². The molecule has 0 radical (unpaired) electrons. The van der Waals surface area contributed by atoms with Crippen molar-refractivity contribution >= 4 is 17.0 Å². The van der Waals surface area contributed by atoms with Crippen LogP contribution in [0.4, 0.5) is 5.95 Å². The average Bonchev–Trinajstić information content (AvgIpc) is 3.17.